The van der Waals surface area contributed by atoms with Crippen LogP contribution in [0.1, 0.15) is 28.5 Å². The van der Waals surface area contributed by atoms with Crippen LogP contribution >= 0.6 is 0 Å². The van der Waals surface area contributed by atoms with Gasteiger partial charge in [0.25, 0.3) is 0 Å². The van der Waals surface area contributed by atoms with Crippen LogP contribution in [-0.4, -0.2) is 23.0 Å². The second-order valence-electron chi connectivity index (χ2n) is 5.50. The maximum absolute atomic E-state index is 12.2. The van der Waals surface area contributed by atoms with Crippen LogP contribution in [0, 0.1) is 6.92 Å². The molecular weight excluding hydrogens is 302 g/mol. The maximum Gasteiger partial charge on any atom is 0.341 e. The Morgan fingerprint density at radius 1 is 1.21 bits per heavy atom. The molecule has 1 aromatic carbocycles. The Morgan fingerprint density at radius 2 is 2.00 bits per heavy atom. The highest BCUT2D eigenvalue weighted by molar-refractivity contribution is 6.05. The lowest BCUT2D eigenvalue weighted by molar-refractivity contribution is 0.0601. The number of aryl methyl sites for hydroxylation is 2. The third-order valence-corrected chi connectivity index (χ3v) is 3.93. The quantitative estimate of drug-likeness (QED) is 0.735. The van der Waals surface area contributed by atoms with Gasteiger partial charge in [0.05, 0.1) is 12.8 Å². The van der Waals surface area contributed by atoms with Crippen molar-refractivity contribution in [3.05, 3.63) is 59.4 Å². The van der Waals surface area contributed by atoms with Gasteiger partial charge in [0.15, 0.2) is 5.65 Å². The molecule has 2 heterocycles. The first kappa shape index (κ1) is 15.9. The molecule has 1 N–H and O–H groups in total. The number of hydrogen-bond acceptors (Lipinski definition) is 5. The summed E-state index contributed by atoms with van der Waals surface area (Å²) < 4.78 is 4.90. The van der Waals surface area contributed by atoms with Crippen molar-refractivity contribution < 1.29 is 9.53 Å². The molecule has 0 saturated carbocycles. The summed E-state index contributed by atoms with van der Waals surface area (Å²) in [5.41, 5.74) is 4.65. The lowest BCUT2D eigenvalue weighted by Gasteiger charge is -2.15. The number of para-hydroxylation sites is 1. The first-order chi connectivity index (χ1) is 11.6. The number of fused-ring (bicyclic) bond motifs is 1. The van der Waals surface area contributed by atoms with E-state index in [-0.39, 0.29) is 0 Å². The minimum Gasteiger partial charge on any atom is -0.465 e. The highest BCUT2D eigenvalue weighted by Crippen LogP contribution is 2.30. The van der Waals surface area contributed by atoms with Gasteiger partial charge in [-0.1, -0.05) is 25.1 Å². The smallest absolute Gasteiger partial charge is 0.341 e. The summed E-state index contributed by atoms with van der Waals surface area (Å²) in [6.07, 6.45) is 2.40. The lowest BCUT2D eigenvalue weighted by Crippen LogP contribution is -2.08. The van der Waals surface area contributed by atoms with Crippen molar-refractivity contribution >= 4 is 28.4 Å². The molecule has 0 bridgehead atoms. The van der Waals surface area contributed by atoms with Gasteiger partial charge in [0.2, 0.25) is 0 Å². The summed E-state index contributed by atoms with van der Waals surface area (Å²) in [7, 11) is 1.36. The minimum absolute atomic E-state index is 0.390. The van der Waals surface area contributed by atoms with E-state index in [1.54, 1.807) is 0 Å². The largest absolute Gasteiger partial charge is 0.465 e. The van der Waals surface area contributed by atoms with Crippen molar-refractivity contribution in [2.24, 2.45) is 0 Å². The summed E-state index contributed by atoms with van der Waals surface area (Å²) in [6, 6.07) is 11.8. The van der Waals surface area contributed by atoms with Gasteiger partial charge < -0.3 is 10.1 Å². The van der Waals surface area contributed by atoms with Gasteiger partial charge >= 0.3 is 5.97 Å². The van der Waals surface area contributed by atoms with E-state index in [1.165, 1.54) is 18.9 Å². The van der Waals surface area contributed by atoms with Gasteiger partial charge in [-0.25, -0.2) is 14.8 Å². The standard InChI is InChI=1S/C19H19N3O2/c1-4-13-7-5-6-8-16(13)22-17-14-10-9-12(2)21-18(14)20-11-15(17)19(23)24-3/h5-11H,4H2,1-3H3,(H,20,21,22). The Morgan fingerprint density at radius 3 is 2.75 bits per heavy atom. The number of ether oxygens (including phenoxy) is 1. The molecule has 0 atom stereocenters. The topological polar surface area (TPSA) is 64.1 Å². The number of benzene rings is 1. The molecular formula is C19H19N3O2. The molecule has 3 aromatic rings. The summed E-state index contributed by atoms with van der Waals surface area (Å²) in [4.78, 5) is 20.9. The second kappa shape index (κ2) is 6.66. The minimum atomic E-state index is -0.429. The Labute approximate surface area is 140 Å². The average molecular weight is 321 g/mol. The summed E-state index contributed by atoms with van der Waals surface area (Å²) in [5, 5.41) is 4.18. The predicted octanol–water partition coefficient (Wildman–Crippen LogP) is 4.03. The van der Waals surface area contributed by atoms with Gasteiger partial charge in [0.1, 0.15) is 5.56 Å². The fraction of sp³-hybridized carbons (Fsp3) is 0.211. The zero-order chi connectivity index (χ0) is 17.1. The van der Waals surface area contributed by atoms with Crippen molar-refractivity contribution in [2.45, 2.75) is 20.3 Å². The van der Waals surface area contributed by atoms with Crippen LogP contribution in [0.5, 0.6) is 0 Å². The number of esters is 1. The summed E-state index contributed by atoms with van der Waals surface area (Å²) in [5.74, 6) is -0.429. The number of aromatic nitrogens is 2. The van der Waals surface area contributed by atoms with E-state index >= 15 is 0 Å². The van der Waals surface area contributed by atoms with E-state index in [1.807, 2.05) is 37.3 Å². The second-order valence-corrected chi connectivity index (χ2v) is 5.50. The van der Waals surface area contributed by atoms with E-state index in [9.17, 15) is 4.79 Å². The molecule has 0 aliphatic heterocycles. The van der Waals surface area contributed by atoms with E-state index in [0.717, 1.165) is 23.2 Å². The monoisotopic (exact) mass is 321 g/mol. The van der Waals surface area contributed by atoms with E-state index in [2.05, 4.69) is 28.3 Å². The number of anilines is 2. The van der Waals surface area contributed by atoms with Crippen LogP contribution in [-0.2, 0) is 11.2 Å². The molecule has 0 fully saturated rings. The Balaban J connectivity index is 2.21. The van der Waals surface area contributed by atoms with Crippen LogP contribution in [0.3, 0.4) is 0 Å². The normalized spacial score (nSPS) is 10.6. The highest BCUT2D eigenvalue weighted by atomic mass is 16.5. The van der Waals surface area contributed by atoms with Gasteiger partial charge in [-0.3, -0.25) is 0 Å². The molecule has 24 heavy (non-hydrogen) atoms. The molecule has 0 unspecified atom stereocenters. The van der Waals surface area contributed by atoms with Crippen molar-refractivity contribution in [1.29, 1.82) is 0 Å². The third-order valence-electron chi connectivity index (χ3n) is 3.93. The number of carbonyl (C=O) groups is 1. The van der Waals surface area contributed by atoms with Gasteiger partial charge in [0, 0.05) is 23.0 Å². The lowest BCUT2D eigenvalue weighted by atomic mass is 10.1. The molecule has 5 heteroatoms. The summed E-state index contributed by atoms with van der Waals surface area (Å²) >= 11 is 0. The van der Waals surface area contributed by atoms with Crippen LogP contribution in [0.2, 0.25) is 0 Å². The van der Waals surface area contributed by atoms with Crippen molar-refractivity contribution in [1.82, 2.24) is 9.97 Å². The van der Waals surface area contributed by atoms with E-state index in [0.29, 0.717) is 16.9 Å². The molecule has 0 amide bonds. The van der Waals surface area contributed by atoms with Crippen LogP contribution in [0.25, 0.3) is 11.0 Å². The SMILES string of the molecule is CCc1ccccc1Nc1c(C(=O)OC)cnc2nc(C)ccc12. The molecule has 2 aromatic heterocycles. The zero-order valence-electron chi connectivity index (χ0n) is 14.0. The number of nitrogens with zero attached hydrogens (tertiary/aromatic N) is 2. The third kappa shape index (κ3) is 2.93. The van der Waals surface area contributed by atoms with Crippen molar-refractivity contribution in [2.75, 3.05) is 12.4 Å². The number of nitrogens with one attached hydrogen (secondary N) is 1. The Kier molecular flexibility index (Phi) is 4.42. The van der Waals surface area contributed by atoms with Crippen molar-refractivity contribution in [3.63, 3.8) is 0 Å². The molecule has 0 saturated heterocycles. The fourth-order valence-electron chi connectivity index (χ4n) is 2.66. The van der Waals surface area contributed by atoms with Gasteiger partial charge in [-0.15, -0.1) is 0 Å². The van der Waals surface area contributed by atoms with Crippen LogP contribution in [0.4, 0.5) is 11.4 Å². The average Bonchev–Trinajstić information content (AvgIpc) is 2.61. The first-order valence-corrected chi connectivity index (χ1v) is 7.83. The maximum atomic E-state index is 12.2. The van der Waals surface area contributed by atoms with E-state index < -0.39 is 5.97 Å². The van der Waals surface area contributed by atoms with Crippen LogP contribution in [0.15, 0.2) is 42.6 Å². The molecule has 3 rings (SSSR count). The number of carbonyl (C=O) groups excluding carboxylic acids is 1. The number of hydrogen-bond donors (Lipinski definition) is 1. The van der Waals surface area contributed by atoms with E-state index in [4.69, 9.17) is 4.74 Å². The number of methoxy groups -OCH3 is 1. The number of rotatable bonds is 4. The molecule has 0 radical (unpaired) electrons. The molecule has 0 spiro atoms. The molecule has 122 valence electrons. The fourth-order valence-corrected chi connectivity index (χ4v) is 2.66. The van der Waals surface area contributed by atoms with Gasteiger partial charge in [-0.05, 0) is 37.1 Å². The zero-order valence-corrected chi connectivity index (χ0v) is 14.0. The highest BCUT2D eigenvalue weighted by Gasteiger charge is 2.17. The molecule has 5 nitrogen and oxygen atoms in total. The Bertz CT molecular complexity index is 906. The summed E-state index contributed by atoms with van der Waals surface area (Å²) in [6.45, 7) is 4.01. The van der Waals surface area contributed by atoms with Gasteiger partial charge in [-0.2, -0.15) is 0 Å². The molecule has 0 aliphatic rings. The first-order valence-electron chi connectivity index (χ1n) is 7.83. The molecule has 0 aliphatic carbocycles. The Hall–Kier alpha value is -2.95. The predicted molar refractivity (Wildman–Crippen MR) is 94.7 cm³/mol. The van der Waals surface area contributed by atoms with Crippen LogP contribution < -0.4 is 5.32 Å². The van der Waals surface area contributed by atoms with Crippen molar-refractivity contribution in [3.8, 4) is 0 Å². The number of pyridine rings is 2.